The monoisotopic (exact) mass is 362 g/mol. The molecule has 0 spiro atoms. The van der Waals surface area contributed by atoms with E-state index < -0.39 is 0 Å². The summed E-state index contributed by atoms with van der Waals surface area (Å²) in [5.74, 6) is -0.204. The maximum absolute atomic E-state index is 13.7. The first-order valence-corrected chi connectivity index (χ1v) is 8.07. The van der Waals surface area contributed by atoms with Crippen LogP contribution in [0.2, 0.25) is 0 Å². The number of nitrogens with zero attached hydrogens (tertiary/aromatic N) is 1. The molecule has 2 nitrogen and oxygen atoms in total. The third-order valence-corrected chi connectivity index (χ3v) is 4.37. The first kappa shape index (κ1) is 14.2. The summed E-state index contributed by atoms with van der Waals surface area (Å²) in [6, 6.07) is 12.9. The van der Waals surface area contributed by atoms with Crippen molar-refractivity contribution in [1.82, 2.24) is 4.98 Å². The van der Waals surface area contributed by atoms with E-state index >= 15 is 0 Å². The molecule has 0 radical (unpaired) electrons. The molecule has 0 unspecified atom stereocenters. The number of nitrogens with one attached hydrogen (secondary N) is 1. The number of hydrogen-bond acceptors (Lipinski definition) is 3. The van der Waals surface area contributed by atoms with Crippen molar-refractivity contribution in [3.8, 4) is 10.6 Å². The first-order chi connectivity index (χ1) is 10.2. The van der Waals surface area contributed by atoms with Crippen LogP contribution in [0.5, 0.6) is 0 Å². The number of hydrogen-bond donors (Lipinski definition) is 1. The molecule has 1 N–H and O–H groups in total. The number of aromatic nitrogens is 1. The molecule has 0 atom stereocenters. The Kier molecular flexibility index (Phi) is 4.31. The van der Waals surface area contributed by atoms with Crippen molar-refractivity contribution >= 4 is 33.0 Å². The van der Waals surface area contributed by atoms with Gasteiger partial charge in [0.05, 0.1) is 0 Å². The molecule has 0 bridgehead atoms. The molecule has 0 aliphatic rings. The third-order valence-electron chi connectivity index (χ3n) is 3.05. The Morgan fingerprint density at radius 1 is 1.14 bits per heavy atom. The lowest BCUT2D eigenvalue weighted by Crippen LogP contribution is -2.01. The van der Waals surface area contributed by atoms with Gasteiger partial charge in [0.1, 0.15) is 10.8 Å². The molecule has 106 valence electrons. The average Bonchev–Trinajstić information content (AvgIpc) is 3.03. The van der Waals surface area contributed by atoms with E-state index in [0.717, 1.165) is 20.7 Å². The summed E-state index contributed by atoms with van der Waals surface area (Å²) in [7, 11) is 0. The van der Waals surface area contributed by atoms with Gasteiger partial charge in [-0.15, -0.1) is 11.3 Å². The van der Waals surface area contributed by atoms with Gasteiger partial charge in [0.2, 0.25) is 0 Å². The van der Waals surface area contributed by atoms with Crippen molar-refractivity contribution in [1.29, 1.82) is 0 Å². The highest BCUT2D eigenvalue weighted by Gasteiger charge is 2.04. The van der Waals surface area contributed by atoms with Crippen LogP contribution in [0.4, 0.5) is 10.1 Å². The van der Waals surface area contributed by atoms with Crippen LogP contribution in [0.1, 0.15) is 5.56 Å². The van der Waals surface area contributed by atoms with Crippen molar-refractivity contribution in [2.24, 2.45) is 0 Å². The Labute approximate surface area is 134 Å². The fourth-order valence-corrected chi connectivity index (χ4v) is 3.03. The maximum Gasteiger partial charge on any atom is 0.128 e. The Morgan fingerprint density at radius 3 is 2.67 bits per heavy atom. The molecular weight excluding hydrogens is 351 g/mol. The number of rotatable bonds is 4. The van der Waals surface area contributed by atoms with Crippen molar-refractivity contribution in [2.75, 3.05) is 5.32 Å². The molecule has 5 heteroatoms. The van der Waals surface area contributed by atoms with Crippen LogP contribution in [0, 0.1) is 5.82 Å². The number of anilines is 1. The quantitative estimate of drug-likeness (QED) is 0.678. The van der Waals surface area contributed by atoms with Gasteiger partial charge < -0.3 is 5.32 Å². The highest BCUT2D eigenvalue weighted by Crippen LogP contribution is 2.23. The van der Waals surface area contributed by atoms with Gasteiger partial charge in [0.25, 0.3) is 0 Å². The lowest BCUT2D eigenvalue weighted by Gasteiger charge is -2.08. The van der Waals surface area contributed by atoms with Crippen LogP contribution in [0.3, 0.4) is 0 Å². The molecule has 0 aliphatic heterocycles. The van der Waals surface area contributed by atoms with Crippen molar-refractivity contribution in [3.63, 3.8) is 0 Å². The standard InChI is InChI=1S/C16H12BrFN2S/c17-13-3-6-15(18)12(9-13)10-20-14-4-1-11(2-5-14)16-19-7-8-21-16/h1-9,20H,10H2. The van der Waals surface area contributed by atoms with Crippen LogP contribution in [-0.4, -0.2) is 4.98 Å². The largest absolute Gasteiger partial charge is 0.381 e. The van der Waals surface area contributed by atoms with E-state index in [1.165, 1.54) is 6.07 Å². The van der Waals surface area contributed by atoms with Crippen LogP contribution >= 0.6 is 27.3 Å². The van der Waals surface area contributed by atoms with Gasteiger partial charge in [-0.2, -0.15) is 0 Å². The molecule has 21 heavy (non-hydrogen) atoms. The lowest BCUT2D eigenvalue weighted by molar-refractivity contribution is 0.612. The van der Waals surface area contributed by atoms with E-state index in [9.17, 15) is 4.39 Å². The summed E-state index contributed by atoms with van der Waals surface area (Å²) in [4.78, 5) is 4.27. The molecule has 3 aromatic rings. The van der Waals surface area contributed by atoms with Crippen molar-refractivity contribution in [3.05, 3.63) is 69.9 Å². The van der Waals surface area contributed by atoms with Crippen LogP contribution in [0.25, 0.3) is 10.6 Å². The van der Waals surface area contributed by atoms with Gasteiger partial charge in [-0.05, 0) is 42.5 Å². The van der Waals surface area contributed by atoms with Gasteiger partial charge >= 0.3 is 0 Å². The van der Waals surface area contributed by atoms with Crippen molar-refractivity contribution < 1.29 is 4.39 Å². The van der Waals surface area contributed by atoms with Crippen LogP contribution in [-0.2, 0) is 6.54 Å². The second kappa shape index (κ2) is 6.37. The van der Waals surface area contributed by atoms with Crippen molar-refractivity contribution in [2.45, 2.75) is 6.54 Å². The third kappa shape index (κ3) is 3.49. The number of benzene rings is 2. The van der Waals surface area contributed by atoms with Gasteiger partial charge in [0, 0.05) is 39.4 Å². The minimum absolute atomic E-state index is 0.204. The molecule has 0 amide bonds. The smallest absolute Gasteiger partial charge is 0.128 e. The van der Waals surface area contributed by atoms with Crippen LogP contribution < -0.4 is 5.32 Å². The maximum atomic E-state index is 13.7. The summed E-state index contributed by atoms with van der Waals surface area (Å²) in [5.41, 5.74) is 2.67. The van der Waals surface area contributed by atoms with E-state index in [4.69, 9.17) is 0 Å². The van der Waals surface area contributed by atoms with E-state index in [1.54, 1.807) is 29.7 Å². The Bertz CT molecular complexity index is 727. The zero-order chi connectivity index (χ0) is 14.7. The fraction of sp³-hybridized carbons (Fsp3) is 0.0625. The normalized spacial score (nSPS) is 10.6. The minimum atomic E-state index is -0.204. The molecule has 3 rings (SSSR count). The molecule has 0 saturated heterocycles. The molecule has 2 aromatic carbocycles. The molecule has 0 fully saturated rings. The molecule has 0 saturated carbocycles. The second-order valence-electron chi connectivity index (χ2n) is 4.50. The van der Waals surface area contributed by atoms with Crippen LogP contribution in [0.15, 0.2) is 58.5 Å². The predicted octanol–water partition coefficient (Wildman–Crippen LogP) is 5.32. The van der Waals surface area contributed by atoms with E-state index in [1.807, 2.05) is 29.6 Å². The fourth-order valence-electron chi connectivity index (χ4n) is 1.97. The zero-order valence-electron chi connectivity index (χ0n) is 11.0. The first-order valence-electron chi connectivity index (χ1n) is 6.40. The summed E-state index contributed by atoms with van der Waals surface area (Å²) < 4.78 is 14.5. The summed E-state index contributed by atoms with van der Waals surface area (Å²) in [5, 5.41) is 6.18. The van der Waals surface area contributed by atoms with Gasteiger partial charge in [-0.3, -0.25) is 0 Å². The summed E-state index contributed by atoms with van der Waals surface area (Å²) in [6.07, 6.45) is 1.79. The topological polar surface area (TPSA) is 24.9 Å². The highest BCUT2D eigenvalue weighted by atomic mass is 79.9. The predicted molar refractivity (Wildman–Crippen MR) is 89.0 cm³/mol. The SMILES string of the molecule is Fc1ccc(Br)cc1CNc1ccc(-c2nccs2)cc1. The second-order valence-corrected chi connectivity index (χ2v) is 6.31. The number of halogens is 2. The summed E-state index contributed by atoms with van der Waals surface area (Å²) >= 11 is 4.96. The molecule has 0 aliphatic carbocycles. The van der Waals surface area contributed by atoms with Gasteiger partial charge in [-0.1, -0.05) is 15.9 Å². The lowest BCUT2D eigenvalue weighted by atomic mass is 10.2. The molecule has 1 heterocycles. The average molecular weight is 363 g/mol. The van der Waals surface area contributed by atoms with Gasteiger partial charge in [-0.25, -0.2) is 9.37 Å². The van der Waals surface area contributed by atoms with Gasteiger partial charge in [0.15, 0.2) is 0 Å². The van der Waals surface area contributed by atoms with E-state index in [2.05, 4.69) is 26.2 Å². The number of thiazole rings is 1. The van der Waals surface area contributed by atoms with E-state index in [0.29, 0.717) is 12.1 Å². The van der Waals surface area contributed by atoms with E-state index in [-0.39, 0.29) is 5.82 Å². The minimum Gasteiger partial charge on any atom is -0.381 e. The summed E-state index contributed by atoms with van der Waals surface area (Å²) in [6.45, 7) is 0.446. The Balaban J connectivity index is 1.70. The Hall–Kier alpha value is -1.72. The Morgan fingerprint density at radius 2 is 1.95 bits per heavy atom. The zero-order valence-corrected chi connectivity index (χ0v) is 13.4. The molecule has 1 aromatic heterocycles. The molecular formula is C16H12BrFN2S. The highest BCUT2D eigenvalue weighted by molar-refractivity contribution is 9.10.